The summed E-state index contributed by atoms with van der Waals surface area (Å²) in [5, 5.41) is 34.3. The largest absolute Gasteiger partial charge is 0.480 e. The molecule has 1 amide bonds. The predicted molar refractivity (Wildman–Crippen MR) is 280 cm³/mol. The molecular weight excluding hydrogens is 1290 g/mol. The minimum Gasteiger partial charge on any atom is -0.480 e. The molecule has 24 heteroatoms. The Morgan fingerprint density at radius 2 is 0.618 bits per heavy atom. The van der Waals surface area contributed by atoms with E-state index in [1.807, 2.05) is 146 Å². The molecule has 0 spiro atoms. The van der Waals surface area contributed by atoms with E-state index in [1.54, 1.807) is 0 Å². The van der Waals surface area contributed by atoms with Gasteiger partial charge in [-0.15, -0.1) is 0 Å². The number of halogens is 1. The van der Waals surface area contributed by atoms with Crippen molar-refractivity contribution in [3.63, 3.8) is 0 Å². The average molecular weight is 1350 g/mol. The van der Waals surface area contributed by atoms with Crippen molar-refractivity contribution in [3.05, 3.63) is 200 Å². The van der Waals surface area contributed by atoms with Gasteiger partial charge in [0.2, 0.25) is 29.1 Å². The summed E-state index contributed by atoms with van der Waals surface area (Å²) in [6.07, 6.45) is 0. The van der Waals surface area contributed by atoms with Crippen LogP contribution in [0.5, 0.6) is 0 Å². The van der Waals surface area contributed by atoms with Gasteiger partial charge in [0.05, 0.1) is 6.54 Å². The Morgan fingerprint density at radius 1 is 0.408 bits per heavy atom. The molecule has 6 rings (SSSR count). The zero-order valence-corrected chi connectivity index (χ0v) is 55.2. The van der Waals surface area contributed by atoms with Crippen LogP contribution in [0.4, 0.5) is 0 Å². The van der Waals surface area contributed by atoms with E-state index in [9.17, 15) is 44.4 Å². The second kappa shape index (κ2) is 56.3. The monoisotopic (exact) mass is 1350 g/mol. The normalized spacial score (nSPS) is 9.21. The first kappa shape index (κ1) is 86.4. The molecule has 0 saturated carbocycles. The third kappa shape index (κ3) is 45.5. The van der Waals surface area contributed by atoms with Gasteiger partial charge in [0.15, 0.2) is 0 Å². The molecule has 6 aromatic carbocycles. The fourth-order valence-corrected chi connectivity index (χ4v) is 7.50. The first-order chi connectivity index (χ1) is 34.8. The van der Waals surface area contributed by atoms with Gasteiger partial charge < -0.3 is 15.3 Å². The maximum absolute atomic E-state index is 12.1. The van der Waals surface area contributed by atoms with Gasteiger partial charge in [-0.05, 0) is 14.7 Å². The number of carboxylic acid groups (broad SMARTS) is 3. The number of aliphatic carboxylic acids is 3. The van der Waals surface area contributed by atoms with Crippen molar-refractivity contribution in [2.45, 2.75) is 70.1 Å². The Kier molecular flexibility index (Phi) is 64.0. The van der Waals surface area contributed by atoms with Crippen LogP contribution in [0, 0.1) is 36.4 Å². The Labute approximate surface area is 531 Å². The number of rotatable bonds is 13. The van der Waals surface area contributed by atoms with Crippen molar-refractivity contribution < 1.29 is 163 Å². The van der Waals surface area contributed by atoms with E-state index < -0.39 is 79.1 Å². The molecule has 6 aromatic rings. The summed E-state index contributed by atoms with van der Waals surface area (Å²) in [5.41, 5.74) is 1.25. The molecule has 0 fully saturated rings. The van der Waals surface area contributed by atoms with Crippen molar-refractivity contribution >= 4 is 63.6 Å². The fourth-order valence-electron chi connectivity index (χ4n) is 4.05. The van der Waals surface area contributed by atoms with Crippen molar-refractivity contribution in [1.82, 2.24) is 14.1 Å². The summed E-state index contributed by atoms with van der Waals surface area (Å²) in [6, 6.07) is 61.4. The zero-order chi connectivity index (χ0) is 56.6. The summed E-state index contributed by atoms with van der Waals surface area (Å²) in [7, 11) is -6.81. The van der Waals surface area contributed by atoms with Gasteiger partial charge in [-0.1, -0.05) is 55.4 Å². The molecule has 76 heavy (non-hydrogen) atoms. The van der Waals surface area contributed by atoms with Crippen LogP contribution in [0.2, 0.25) is 0 Å². The Bertz CT molecular complexity index is 2440. The second-order valence-electron chi connectivity index (χ2n) is 11.6. The van der Waals surface area contributed by atoms with Crippen LogP contribution >= 0.6 is 10.7 Å². The molecule has 411 valence electrons. The second-order valence-corrected chi connectivity index (χ2v) is 18.1. The molecule has 3 radical (unpaired) electrons. The maximum atomic E-state index is 12.1. The zero-order valence-electron chi connectivity index (χ0n) is 43.5. The molecule has 0 aromatic heterocycles. The average Bonchev–Trinajstić information content (AvgIpc) is 3.43. The van der Waals surface area contributed by atoms with Crippen LogP contribution < -0.4 is 5.48 Å². The van der Waals surface area contributed by atoms with Gasteiger partial charge >= 0.3 is 17.9 Å². The summed E-state index contributed by atoms with van der Waals surface area (Å²) in [5.74, 6) is -5.31. The number of nitrogens with zero attached hydrogens (tertiary/aromatic N) is 2. The number of nitrogens with one attached hydrogen (secondary N) is 1. The standard InChI is InChI=1S/C10H11N2O6S.C10H10NO6S.C6H4ClO2S.3C6H5.4C2H6.3Y/c13-9(11-16)6-12(7-10(14)15)19(17,18)8-4-2-1-3-5-8;12-9(13)6-11(7-10(14)15)18(16,17)8-4-2-1-3-5-8;7-10(8,9)6-4-2-1-3-5-6;3*1-2-4-6-5-3-1;4*1-2;;;/h2-5,16H,6-7H2,(H,11,13)(H,14,15);2-5H,6-7H2,(H,12,13)(H,14,15);2-5H;3*1-5H;4*1-2H3;;;/q6*-1;;;;;;;. The van der Waals surface area contributed by atoms with E-state index >= 15 is 0 Å². The first-order valence-electron chi connectivity index (χ1n) is 22.0. The maximum Gasteiger partial charge on any atom is 0.318 e. The molecular formula is C52H64ClN3O14S3Y3-6. The topological polar surface area (TPSA) is 270 Å². The number of hydrogen-bond acceptors (Lipinski definition) is 11. The van der Waals surface area contributed by atoms with Gasteiger partial charge in [0.25, 0.3) is 5.91 Å². The molecule has 0 aliphatic heterocycles. The van der Waals surface area contributed by atoms with Crippen LogP contribution in [0.15, 0.2) is 178 Å². The SMILES string of the molecule is CC.CC.CC.CC.O=C(O)CN(CC(=O)NO)S(=O)(=O)c1cc[c-]cc1.O=C(O)CN(CC(=O)O)S(=O)(=O)c1cc[c-]cc1.O=S(=O)(Cl)c1cc[c-]cc1.[Y].[Y].[Y].[c-]1ccccc1.[c-]1ccccc1.[c-]1ccccc1. The predicted octanol–water partition coefficient (Wildman–Crippen LogP) is 8.69. The number of carboxylic acids is 3. The summed E-state index contributed by atoms with van der Waals surface area (Å²) >= 11 is 0. The third-order valence-corrected chi connectivity index (χ3v) is 11.8. The third-order valence-electron chi connectivity index (χ3n) is 6.82. The van der Waals surface area contributed by atoms with Crippen molar-refractivity contribution in [1.29, 1.82) is 0 Å². The molecule has 0 aliphatic carbocycles. The van der Waals surface area contributed by atoms with Crippen LogP contribution in [0.25, 0.3) is 0 Å². The van der Waals surface area contributed by atoms with E-state index in [4.69, 9.17) is 31.2 Å². The van der Waals surface area contributed by atoms with Crippen LogP contribution in [-0.4, -0.2) is 104 Å². The fraction of sp³-hybridized carbons (Fsp3) is 0.231. The number of carbonyl (C=O) groups excluding carboxylic acids is 1. The Morgan fingerprint density at radius 3 is 0.776 bits per heavy atom. The minimum absolute atomic E-state index is 0. The number of carbonyl (C=O) groups is 4. The van der Waals surface area contributed by atoms with Crippen molar-refractivity contribution in [3.8, 4) is 0 Å². The van der Waals surface area contributed by atoms with Gasteiger partial charge in [-0.2, -0.15) is 209 Å². The van der Waals surface area contributed by atoms with Crippen LogP contribution in [0.3, 0.4) is 0 Å². The minimum atomic E-state index is -4.14. The van der Waals surface area contributed by atoms with Crippen LogP contribution in [0.1, 0.15) is 55.4 Å². The summed E-state index contributed by atoms with van der Waals surface area (Å²) < 4.78 is 70.2. The summed E-state index contributed by atoms with van der Waals surface area (Å²) in [6.45, 7) is 12.5. The van der Waals surface area contributed by atoms with Gasteiger partial charge in [0, 0.05) is 109 Å². The molecule has 0 saturated heterocycles. The quantitative estimate of drug-likeness (QED) is 0.0313. The Balaban J connectivity index is -0.000000153. The van der Waals surface area contributed by atoms with E-state index in [0.29, 0.717) is 8.61 Å². The number of amides is 1. The molecule has 5 N–H and O–H groups in total. The first-order valence-corrected chi connectivity index (χ1v) is 27.2. The summed E-state index contributed by atoms with van der Waals surface area (Å²) in [4.78, 5) is 42.6. The molecule has 0 heterocycles. The molecule has 17 nitrogen and oxygen atoms in total. The van der Waals surface area contributed by atoms with Gasteiger partial charge in [-0.3, -0.25) is 24.4 Å². The van der Waals surface area contributed by atoms with Gasteiger partial charge in [-0.25, -0.2) is 30.7 Å². The molecule has 0 bridgehead atoms. The van der Waals surface area contributed by atoms with E-state index in [2.05, 4.69) is 36.4 Å². The number of sulfonamides is 2. The Hall–Kier alpha value is -3.47. The molecule has 0 atom stereocenters. The number of hydrogen-bond donors (Lipinski definition) is 5. The molecule has 0 aliphatic rings. The van der Waals surface area contributed by atoms with Crippen molar-refractivity contribution in [2.75, 3.05) is 26.2 Å². The van der Waals surface area contributed by atoms with Crippen LogP contribution in [-0.2, 0) is 146 Å². The van der Waals surface area contributed by atoms with Crippen molar-refractivity contribution in [2.24, 2.45) is 0 Å². The van der Waals surface area contributed by atoms with E-state index in [1.165, 1.54) is 78.3 Å². The molecule has 0 unspecified atom stereocenters. The smallest absolute Gasteiger partial charge is 0.318 e. The van der Waals surface area contributed by atoms with E-state index in [-0.39, 0.29) is 113 Å². The number of hydroxylamine groups is 1. The van der Waals surface area contributed by atoms with Gasteiger partial charge in [0.1, 0.15) is 19.6 Å². The number of benzene rings is 6. The van der Waals surface area contributed by atoms with E-state index in [0.717, 1.165) is 0 Å².